The number of carbonyl (C=O) groups excluding carboxylic acids is 4. The second-order valence-corrected chi connectivity index (χ2v) is 9.86. The lowest BCUT2D eigenvalue weighted by molar-refractivity contribution is -0.144. The van der Waals surface area contributed by atoms with Gasteiger partial charge in [0.1, 0.15) is 29.9 Å². The van der Waals surface area contributed by atoms with Gasteiger partial charge in [0.05, 0.1) is 24.9 Å². The quantitative estimate of drug-likeness (QED) is 0.0725. The van der Waals surface area contributed by atoms with Gasteiger partial charge in [0, 0.05) is 6.42 Å². The number of aromatic hydroxyl groups is 1. The molecule has 0 aliphatic heterocycles. The highest BCUT2D eigenvalue weighted by molar-refractivity contribution is 5.96. The van der Waals surface area contributed by atoms with Gasteiger partial charge >= 0.3 is 5.97 Å². The van der Waals surface area contributed by atoms with Crippen LogP contribution < -0.4 is 32.7 Å². The summed E-state index contributed by atoms with van der Waals surface area (Å²) in [6.07, 6.45) is -1.65. The Hall–Kier alpha value is -3.83. The van der Waals surface area contributed by atoms with Crippen molar-refractivity contribution in [3.05, 3.63) is 29.8 Å². The summed E-state index contributed by atoms with van der Waals surface area (Å²) in [5.41, 5.74) is 11.8. The fourth-order valence-corrected chi connectivity index (χ4v) is 3.75. The van der Waals surface area contributed by atoms with Gasteiger partial charge in [-0.1, -0.05) is 18.6 Å². The van der Waals surface area contributed by atoms with E-state index >= 15 is 0 Å². The Labute approximate surface area is 242 Å². The third-order valence-electron chi connectivity index (χ3n) is 6.24. The maximum Gasteiger partial charge on any atom is 0.328 e. The molecule has 7 atom stereocenters. The van der Waals surface area contributed by atoms with Crippen LogP contribution in [0.15, 0.2) is 24.3 Å². The van der Waals surface area contributed by atoms with E-state index in [4.69, 9.17) is 16.6 Å². The largest absolute Gasteiger partial charge is 0.508 e. The minimum absolute atomic E-state index is 0.0637. The van der Waals surface area contributed by atoms with Gasteiger partial charge in [0.2, 0.25) is 23.6 Å². The summed E-state index contributed by atoms with van der Waals surface area (Å²) in [7, 11) is 0. The molecule has 1 aromatic rings. The van der Waals surface area contributed by atoms with Crippen LogP contribution >= 0.6 is 0 Å². The van der Waals surface area contributed by atoms with Crippen molar-refractivity contribution in [1.82, 2.24) is 21.3 Å². The van der Waals surface area contributed by atoms with Crippen LogP contribution in [0, 0.1) is 0 Å². The molecule has 1 rings (SSSR count). The first kappa shape index (κ1) is 36.2. The molecule has 0 radical (unpaired) electrons. The van der Waals surface area contributed by atoms with E-state index in [-0.39, 0.29) is 18.6 Å². The van der Waals surface area contributed by atoms with Gasteiger partial charge in [-0.2, -0.15) is 0 Å². The zero-order valence-corrected chi connectivity index (χ0v) is 23.5. The fraction of sp³-hybridized carbons (Fsp3) is 0.577. The minimum Gasteiger partial charge on any atom is -0.508 e. The standard InChI is InChI=1S/C26H42N6O10/c1-13(34)20(31-22(37)17(28)5-3-4-10-27)24(39)29-18(11-15-6-8-16(36)9-7-15)23(38)32-21(14(2)35)25(40)30-19(12-33)26(41)42/h6-9,13-14,17-21,33-36H,3-5,10-12,27-28H2,1-2H3,(H,29,39)(H,30,40)(H,31,37)(H,32,38)(H,41,42)/t13-,14-,17+,18+,19+,20+,21+/m1/s1. The van der Waals surface area contributed by atoms with Crippen LogP contribution in [0.3, 0.4) is 0 Å². The van der Waals surface area contributed by atoms with E-state index in [0.717, 1.165) is 6.92 Å². The number of aliphatic hydroxyl groups is 3. The average Bonchev–Trinajstić information content (AvgIpc) is 2.92. The lowest BCUT2D eigenvalue weighted by atomic mass is 10.0. The van der Waals surface area contributed by atoms with Gasteiger partial charge in [-0.3, -0.25) is 19.2 Å². The second kappa shape index (κ2) is 17.9. The number of amides is 4. The van der Waals surface area contributed by atoms with Crippen molar-refractivity contribution in [2.75, 3.05) is 13.2 Å². The number of carboxylic acid groups (broad SMARTS) is 1. The Balaban J connectivity index is 3.19. The van der Waals surface area contributed by atoms with Crippen LogP contribution in [0.1, 0.15) is 38.7 Å². The summed E-state index contributed by atoms with van der Waals surface area (Å²) in [5.74, 6) is -5.39. The van der Waals surface area contributed by atoms with E-state index in [1.54, 1.807) is 0 Å². The van der Waals surface area contributed by atoms with Crippen LogP contribution in [0.25, 0.3) is 0 Å². The smallest absolute Gasteiger partial charge is 0.328 e. The summed E-state index contributed by atoms with van der Waals surface area (Å²) >= 11 is 0. The molecular formula is C26H42N6O10. The Morgan fingerprint density at radius 2 is 1.29 bits per heavy atom. The van der Waals surface area contributed by atoms with Crippen LogP contribution in [0.2, 0.25) is 0 Å². The molecule has 0 aliphatic carbocycles. The normalized spacial score (nSPS) is 16.1. The lowest BCUT2D eigenvalue weighted by Crippen LogP contribution is -2.62. The summed E-state index contributed by atoms with van der Waals surface area (Å²) in [4.78, 5) is 62.9. The number of carboxylic acids is 1. The van der Waals surface area contributed by atoms with E-state index in [1.165, 1.54) is 31.2 Å². The highest BCUT2D eigenvalue weighted by Crippen LogP contribution is 2.12. The average molecular weight is 599 g/mol. The summed E-state index contributed by atoms with van der Waals surface area (Å²) < 4.78 is 0. The number of nitrogens with one attached hydrogen (secondary N) is 4. The second-order valence-electron chi connectivity index (χ2n) is 9.86. The van der Waals surface area contributed by atoms with E-state index in [2.05, 4.69) is 16.0 Å². The number of benzene rings is 1. The Bertz CT molecular complexity index is 1050. The predicted octanol–water partition coefficient (Wildman–Crippen LogP) is -3.83. The summed E-state index contributed by atoms with van der Waals surface area (Å²) in [6, 6.07) is -1.75. The summed E-state index contributed by atoms with van der Waals surface area (Å²) in [5, 5.41) is 57.3. The third kappa shape index (κ3) is 12.0. The van der Waals surface area contributed by atoms with E-state index in [0.29, 0.717) is 24.9 Å². The number of nitrogens with two attached hydrogens (primary N) is 2. The number of aliphatic hydroxyl groups excluding tert-OH is 3. The maximum atomic E-state index is 13.3. The van der Waals surface area contributed by atoms with E-state index in [1.807, 2.05) is 5.32 Å². The maximum absolute atomic E-state index is 13.3. The molecule has 0 unspecified atom stereocenters. The third-order valence-corrected chi connectivity index (χ3v) is 6.24. The van der Waals surface area contributed by atoms with Gasteiger partial charge < -0.3 is 58.3 Å². The van der Waals surface area contributed by atoms with Crippen molar-refractivity contribution < 1.29 is 49.5 Å². The van der Waals surface area contributed by atoms with Crippen molar-refractivity contribution in [2.45, 2.75) is 81.9 Å². The first-order chi connectivity index (χ1) is 19.7. The zero-order chi connectivity index (χ0) is 32.0. The molecule has 0 fully saturated rings. The van der Waals surface area contributed by atoms with E-state index in [9.17, 15) is 44.4 Å². The Morgan fingerprint density at radius 3 is 1.74 bits per heavy atom. The molecule has 236 valence electrons. The SMILES string of the molecule is C[C@@H](O)[C@H](NC(=O)[C@H](Cc1ccc(O)cc1)NC(=O)[C@@H](NC(=O)[C@@H](N)CCCCN)[C@@H](C)O)C(=O)N[C@@H](CO)C(=O)O. The molecular weight excluding hydrogens is 556 g/mol. The number of rotatable bonds is 18. The minimum atomic E-state index is -1.71. The first-order valence-corrected chi connectivity index (χ1v) is 13.4. The molecule has 0 aliphatic rings. The van der Waals surface area contributed by atoms with Crippen molar-refractivity contribution in [3.8, 4) is 5.75 Å². The van der Waals surface area contributed by atoms with Crippen LogP contribution in [-0.2, 0) is 30.4 Å². The molecule has 0 aromatic heterocycles. The molecule has 0 heterocycles. The van der Waals surface area contributed by atoms with Crippen molar-refractivity contribution in [2.24, 2.45) is 11.5 Å². The van der Waals surface area contributed by atoms with Crippen molar-refractivity contribution in [1.29, 1.82) is 0 Å². The molecule has 0 saturated carbocycles. The molecule has 0 spiro atoms. The van der Waals surface area contributed by atoms with E-state index < -0.39 is 78.6 Å². The molecule has 0 saturated heterocycles. The number of phenols is 1. The fourth-order valence-electron chi connectivity index (χ4n) is 3.75. The molecule has 13 N–H and O–H groups in total. The van der Waals surface area contributed by atoms with Crippen molar-refractivity contribution >= 4 is 29.6 Å². The number of phenolic OH excluding ortho intramolecular Hbond substituents is 1. The number of aliphatic carboxylic acids is 1. The topological polar surface area (TPSA) is 287 Å². The van der Waals surface area contributed by atoms with Gasteiger partial charge in [-0.05, 0) is 50.9 Å². The molecule has 16 heteroatoms. The Kier molecular flexibility index (Phi) is 15.4. The lowest BCUT2D eigenvalue weighted by Gasteiger charge is -2.28. The molecule has 16 nitrogen and oxygen atoms in total. The highest BCUT2D eigenvalue weighted by atomic mass is 16.4. The van der Waals surface area contributed by atoms with Crippen LogP contribution in [-0.4, -0.2) is 111 Å². The summed E-state index contributed by atoms with van der Waals surface area (Å²) in [6.45, 7) is 1.86. The van der Waals surface area contributed by atoms with Gasteiger partial charge in [0.25, 0.3) is 0 Å². The molecule has 42 heavy (non-hydrogen) atoms. The van der Waals surface area contributed by atoms with Crippen LogP contribution in [0.5, 0.6) is 5.75 Å². The molecule has 4 amide bonds. The zero-order valence-electron chi connectivity index (χ0n) is 23.5. The highest BCUT2D eigenvalue weighted by Gasteiger charge is 2.34. The monoisotopic (exact) mass is 598 g/mol. The number of unbranched alkanes of at least 4 members (excludes halogenated alkanes) is 1. The number of carbonyl (C=O) groups is 5. The molecule has 1 aromatic carbocycles. The number of hydrogen-bond acceptors (Lipinski definition) is 11. The van der Waals surface area contributed by atoms with Crippen LogP contribution in [0.4, 0.5) is 0 Å². The van der Waals surface area contributed by atoms with Gasteiger partial charge in [-0.25, -0.2) is 4.79 Å². The Morgan fingerprint density at radius 1 is 0.786 bits per heavy atom. The van der Waals surface area contributed by atoms with Gasteiger partial charge in [-0.15, -0.1) is 0 Å². The predicted molar refractivity (Wildman–Crippen MR) is 148 cm³/mol. The molecule has 0 bridgehead atoms. The van der Waals surface area contributed by atoms with Crippen molar-refractivity contribution in [3.63, 3.8) is 0 Å². The van der Waals surface area contributed by atoms with Gasteiger partial charge in [0.15, 0.2) is 0 Å². The number of hydrogen-bond donors (Lipinski definition) is 11. The first-order valence-electron chi connectivity index (χ1n) is 13.4.